The van der Waals surface area contributed by atoms with Crippen LogP contribution in [0, 0.1) is 0 Å². The van der Waals surface area contributed by atoms with Crippen LogP contribution < -0.4 is 10.6 Å². The number of hydrogen-bond acceptors (Lipinski definition) is 5. The van der Waals surface area contributed by atoms with Crippen LogP contribution in [-0.2, 0) is 4.79 Å². The van der Waals surface area contributed by atoms with Crippen LogP contribution in [0.15, 0.2) is 29.6 Å². The van der Waals surface area contributed by atoms with Crippen LogP contribution in [0.3, 0.4) is 0 Å². The summed E-state index contributed by atoms with van der Waals surface area (Å²) in [7, 11) is 3.25. The number of anilines is 1. The first kappa shape index (κ1) is 19.8. The number of rotatable bonds is 9. The zero-order valence-electron chi connectivity index (χ0n) is 16.1. The van der Waals surface area contributed by atoms with Gasteiger partial charge in [0.05, 0.1) is 17.7 Å². The molecular weight excluding hydrogens is 330 g/mol. The summed E-state index contributed by atoms with van der Waals surface area (Å²) in [6.07, 6.45) is 4.97. The number of ketones is 1. The minimum absolute atomic E-state index is 0.00278. The molecule has 0 fully saturated rings. The van der Waals surface area contributed by atoms with Gasteiger partial charge in [-0.25, -0.2) is 0 Å². The van der Waals surface area contributed by atoms with Crippen molar-refractivity contribution in [1.29, 1.82) is 0 Å². The average molecular weight is 359 g/mol. The highest BCUT2D eigenvalue weighted by Crippen LogP contribution is 2.32. The van der Waals surface area contributed by atoms with Crippen LogP contribution in [0.25, 0.3) is 0 Å². The molecule has 1 aromatic carbocycles. The van der Waals surface area contributed by atoms with Crippen LogP contribution in [0.2, 0.25) is 0 Å². The fraction of sp³-hybridized carbons (Fsp3) is 0.500. The Morgan fingerprint density at radius 2 is 2.04 bits per heavy atom. The summed E-state index contributed by atoms with van der Waals surface area (Å²) in [5.41, 5.74) is 1.90. The van der Waals surface area contributed by atoms with Crippen molar-refractivity contribution in [2.75, 3.05) is 19.4 Å². The van der Waals surface area contributed by atoms with Gasteiger partial charge >= 0.3 is 0 Å². The lowest BCUT2D eigenvalue weighted by Gasteiger charge is -2.28. The average Bonchev–Trinajstić information content (AvgIpc) is 2.60. The van der Waals surface area contributed by atoms with Crippen molar-refractivity contribution in [3.8, 4) is 5.75 Å². The summed E-state index contributed by atoms with van der Waals surface area (Å²) in [5.74, 6) is -0.436. The van der Waals surface area contributed by atoms with E-state index in [1.807, 2.05) is 0 Å². The van der Waals surface area contributed by atoms with Crippen molar-refractivity contribution < 1.29 is 14.7 Å². The second-order valence-corrected chi connectivity index (χ2v) is 7.02. The van der Waals surface area contributed by atoms with Gasteiger partial charge in [-0.3, -0.25) is 9.59 Å². The lowest BCUT2D eigenvalue weighted by atomic mass is 9.97. The maximum atomic E-state index is 12.1. The molecule has 0 saturated carbocycles. The number of para-hydroxylation sites is 1. The number of allylic oxidation sites excluding steroid dienone is 2. The van der Waals surface area contributed by atoms with E-state index in [0.717, 1.165) is 18.5 Å². The SMILES string of the molecule is CCCCCC(C)NC1=C(Nc2cccc(C(=O)N(C)C)c2O)C(=O)C1. The summed E-state index contributed by atoms with van der Waals surface area (Å²) in [6, 6.07) is 5.19. The molecule has 0 aromatic heterocycles. The van der Waals surface area contributed by atoms with Crippen LogP contribution in [0.5, 0.6) is 5.75 Å². The number of nitrogens with zero attached hydrogens (tertiary/aromatic N) is 1. The number of Topliss-reactive ketones (excluding diaryl/α,β-unsaturated/α-hetero) is 1. The number of phenolic OH excluding ortho intramolecular Hbond substituents is 1. The summed E-state index contributed by atoms with van der Waals surface area (Å²) in [4.78, 5) is 25.5. The van der Waals surface area contributed by atoms with Crippen molar-refractivity contribution in [1.82, 2.24) is 10.2 Å². The highest BCUT2D eigenvalue weighted by molar-refractivity contribution is 6.07. The molecule has 1 aromatic rings. The van der Waals surface area contributed by atoms with Gasteiger partial charge in [-0.05, 0) is 25.5 Å². The second-order valence-electron chi connectivity index (χ2n) is 7.02. The molecule has 3 N–H and O–H groups in total. The Labute approximate surface area is 155 Å². The number of aromatic hydroxyl groups is 1. The third-order valence-corrected chi connectivity index (χ3v) is 4.51. The molecule has 1 unspecified atom stereocenters. The van der Waals surface area contributed by atoms with Crippen LogP contribution >= 0.6 is 0 Å². The molecule has 1 aliphatic carbocycles. The molecule has 6 nitrogen and oxygen atoms in total. The van der Waals surface area contributed by atoms with Gasteiger partial charge in [0.2, 0.25) is 0 Å². The quantitative estimate of drug-likeness (QED) is 0.466. The van der Waals surface area contributed by atoms with E-state index in [1.165, 1.54) is 17.7 Å². The predicted molar refractivity (Wildman–Crippen MR) is 103 cm³/mol. The number of nitrogens with one attached hydrogen (secondary N) is 2. The Balaban J connectivity index is 2.12. The number of amides is 1. The fourth-order valence-corrected chi connectivity index (χ4v) is 2.93. The maximum Gasteiger partial charge on any atom is 0.257 e. The third kappa shape index (κ3) is 4.56. The van der Waals surface area contributed by atoms with Crippen LogP contribution in [-0.4, -0.2) is 41.8 Å². The van der Waals surface area contributed by atoms with Crippen molar-refractivity contribution >= 4 is 17.4 Å². The van der Waals surface area contributed by atoms with Gasteiger partial charge in [-0.1, -0.05) is 32.3 Å². The lowest BCUT2D eigenvalue weighted by Crippen LogP contribution is -2.36. The first-order chi connectivity index (χ1) is 12.3. The molecule has 1 atom stereocenters. The van der Waals surface area contributed by atoms with E-state index >= 15 is 0 Å². The monoisotopic (exact) mass is 359 g/mol. The molecule has 0 heterocycles. The molecule has 142 valence electrons. The standard InChI is InChI=1S/C20H29N3O3/c1-5-6-7-9-13(2)21-16-12-17(24)18(16)22-15-11-8-10-14(19(15)25)20(26)23(3)4/h8,10-11,13,21-22,25H,5-7,9,12H2,1-4H3. The molecule has 1 aliphatic rings. The van der Waals surface area contributed by atoms with Crippen LogP contribution in [0.1, 0.15) is 56.3 Å². The molecule has 26 heavy (non-hydrogen) atoms. The Hall–Kier alpha value is -2.50. The number of unbranched alkanes of at least 4 members (excludes halogenated alkanes) is 2. The van der Waals surface area contributed by atoms with Crippen molar-refractivity contribution in [2.24, 2.45) is 0 Å². The smallest absolute Gasteiger partial charge is 0.257 e. The number of carbonyl (C=O) groups excluding carboxylic acids is 2. The topological polar surface area (TPSA) is 81.7 Å². The van der Waals surface area contributed by atoms with Gasteiger partial charge in [0.15, 0.2) is 11.5 Å². The van der Waals surface area contributed by atoms with Crippen LogP contribution in [0.4, 0.5) is 5.69 Å². The molecule has 1 amide bonds. The second kappa shape index (κ2) is 8.74. The van der Waals surface area contributed by atoms with E-state index in [4.69, 9.17) is 0 Å². The number of phenols is 1. The van der Waals surface area contributed by atoms with Crippen molar-refractivity contribution in [2.45, 2.75) is 52.0 Å². The Morgan fingerprint density at radius 1 is 1.31 bits per heavy atom. The van der Waals surface area contributed by atoms with E-state index in [0.29, 0.717) is 17.8 Å². The van der Waals surface area contributed by atoms with Crippen molar-refractivity contribution in [3.63, 3.8) is 0 Å². The summed E-state index contributed by atoms with van der Waals surface area (Å²) < 4.78 is 0. The minimum Gasteiger partial charge on any atom is -0.505 e. The predicted octanol–water partition coefficient (Wildman–Crippen LogP) is 3.25. The normalized spacial score (nSPS) is 14.7. The third-order valence-electron chi connectivity index (χ3n) is 4.51. The van der Waals surface area contributed by atoms with E-state index in [9.17, 15) is 14.7 Å². The largest absolute Gasteiger partial charge is 0.505 e. The number of hydrogen-bond donors (Lipinski definition) is 3. The first-order valence-corrected chi connectivity index (χ1v) is 9.18. The van der Waals surface area contributed by atoms with Gasteiger partial charge in [0.25, 0.3) is 5.91 Å². The number of carbonyl (C=O) groups is 2. The maximum absolute atomic E-state index is 12.1. The fourth-order valence-electron chi connectivity index (χ4n) is 2.93. The Kier molecular flexibility index (Phi) is 6.66. The number of benzene rings is 1. The zero-order chi connectivity index (χ0) is 19.3. The van der Waals surface area contributed by atoms with E-state index < -0.39 is 0 Å². The van der Waals surface area contributed by atoms with E-state index in [1.54, 1.807) is 32.3 Å². The molecule has 2 rings (SSSR count). The van der Waals surface area contributed by atoms with E-state index in [2.05, 4.69) is 24.5 Å². The lowest BCUT2D eigenvalue weighted by molar-refractivity contribution is -0.116. The van der Waals surface area contributed by atoms with Gasteiger partial charge < -0.3 is 20.6 Å². The summed E-state index contributed by atoms with van der Waals surface area (Å²) in [5, 5.41) is 16.8. The molecule has 0 bridgehead atoms. The van der Waals surface area contributed by atoms with Crippen molar-refractivity contribution in [3.05, 3.63) is 35.2 Å². The minimum atomic E-state index is -0.289. The molecule has 0 saturated heterocycles. The molecule has 0 aliphatic heterocycles. The van der Waals surface area contributed by atoms with Gasteiger partial charge in [0, 0.05) is 25.8 Å². The first-order valence-electron chi connectivity index (χ1n) is 9.18. The Morgan fingerprint density at radius 3 is 2.65 bits per heavy atom. The molecule has 0 spiro atoms. The molecule has 6 heteroatoms. The summed E-state index contributed by atoms with van der Waals surface area (Å²) >= 11 is 0. The van der Waals surface area contributed by atoms with E-state index in [-0.39, 0.29) is 29.0 Å². The molecular formula is C20H29N3O3. The molecule has 0 radical (unpaired) electrons. The zero-order valence-corrected chi connectivity index (χ0v) is 16.1. The summed E-state index contributed by atoms with van der Waals surface area (Å²) in [6.45, 7) is 4.28. The highest BCUT2D eigenvalue weighted by Gasteiger charge is 2.29. The van der Waals surface area contributed by atoms with Gasteiger partial charge in [-0.15, -0.1) is 0 Å². The highest BCUT2D eigenvalue weighted by atomic mass is 16.3. The Bertz CT molecular complexity index is 710. The van der Waals surface area contributed by atoms with Gasteiger partial charge in [-0.2, -0.15) is 0 Å². The van der Waals surface area contributed by atoms with Gasteiger partial charge in [0.1, 0.15) is 5.70 Å².